The summed E-state index contributed by atoms with van der Waals surface area (Å²) < 4.78 is 44.3. The van der Waals surface area contributed by atoms with Crippen molar-refractivity contribution in [2.24, 2.45) is 7.05 Å². The number of aryl methyl sites for hydroxylation is 1. The van der Waals surface area contributed by atoms with Crippen LogP contribution in [0.5, 0.6) is 0 Å². The summed E-state index contributed by atoms with van der Waals surface area (Å²) in [7, 11) is -2.15. The van der Waals surface area contributed by atoms with Crippen LogP contribution in [-0.2, 0) is 26.5 Å². The highest BCUT2D eigenvalue weighted by molar-refractivity contribution is 7.89. The minimum Gasteiger partial charge on any atom is -0.408 e. The lowest BCUT2D eigenvalue weighted by molar-refractivity contribution is -0.145. The molecule has 2 aromatic rings. The molecule has 1 aromatic heterocycles. The summed E-state index contributed by atoms with van der Waals surface area (Å²) in [4.78, 5) is 11.5. The van der Waals surface area contributed by atoms with Crippen molar-refractivity contribution in [1.82, 2.24) is 9.29 Å². The highest BCUT2D eigenvalue weighted by Crippen LogP contribution is 2.22. The van der Waals surface area contributed by atoms with Gasteiger partial charge in [-0.25, -0.2) is 17.9 Å². The number of oxazole rings is 1. The van der Waals surface area contributed by atoms with Gasteiger partial charge in [0.2, 0.25) is 10.0 Å². The van der Waals surface area contributed by atoms with Crippen LogP contribution in [-0.4, -0.2) is 38.5 Å². The quantitative estimate of drug-likeness (QED) is 0.852. The first-order valence-electron chi connectivity index (χ1n) is 7.18. The Kier molecular flexibility index (Phi) is 4.05. The van der Waals surface area contributed by atoms with Gasteiger partial charge in [-0.3, -0.25) is 4.57 Å². The van der Waals surface area contributed by atoms with E-state index in [1.807, 2.05) is 0 Å². The SMILES string of the molecule is Cn1c(=O)oc2cc(S(=O)(=O)NCCC3(C)OCCO3)ccc21. The molecule has 1 N–H and O–H groups in total. The van der Waals surface area contributed by atoms with Gasteiger partial charge in [-0.2, -0.15) is 0 Å². The molecule has 0 spiro atoms. The predicted octanol–water partition coefficient (Wildman–Crippen LogP) is 0.563. The molecule has 1 saturated heterocycles. The molecule has 8 nitrogen and oxygen atoms in total. The van der Waals surface area contributed by atoms with Gasteiger partial charge >= 0.3 is 5.76 Å². The second kappa shape index (κ2) is 5.75. The Morgan fingerprint density at radius 3 is 2.70 bits per heavy atom. The molecule has 1 fully saturated rings. The molecule has 3 rings (SSSR count). The highest BCUT2D eigenvalue weighted by Gasteiger charge is 2.31. The van der Waals surface area contributed by atoms with Crippen molar-refractivity contribution in [2.45, 2.75) is 24.0 Å². The normalized spacial score (nSPS) is 17.8. The summed E-state index contributed by atoms with van der Waals surface area (Å²) in [5.41, 5.74) is 0.768. The Labute approximate surface area is 133 Å². The Morgan fingerprint density at radius 2 is 2.00 bits per heavy atom. The maximum atomic E-state index is 12.3. The van der Waals surface area contributed by atoms with E-state index in [1.54, 1.807) is 20.0 Å². The second-order valence-corrected chi connectivity index (χ2v) is 7.30. The maximum absolute atomic E-state index is 12.3. The van der Waals surface area contributed by atoms with Crippen LogP contribution in [0.15, 0.2) is 32.3 Å². The molecule has 0 radical (unpaired) electrons. The molecule has 1 aromatic carbocycles. The average Bonchev–Trinajstić information content (AvgIpc) is 3.04. The maximum Gasteiger partial charge on any atom is 0.419 e. The van der Waals surface area contributed by atoms with Gasteiger partial charge in [0, 0.05) is 26.1 Å². The smallest absolute Gasteiger partial charge is 0.408 e. The van der Waals surface area contributed by atoms with Crippen molar-refractivity contribution in [2.75, 3.05) is 19.8 Å². The topological polar surface area (TPSA) is 99.8 Å². The number of rotatable bonds is 5. The summed E-state index contributed by atoms with van der Waals surface area (Å²) in [6, 6.07) is 4.31. The van der Waals surface area contributed by atoms with Crippen LogP contribution in [0.1, 0.15) is 13.3 Å². The summed E-state index contributed by atoms with van der Waals surface area (Å²) in [5, 5.41) is 0. The third-order valence-electron chi connectivity index (χ3n) is 3.84. The third kappa shape index (κ3) is 3.18. The minimum atomic E-state index is -3.71. The van der Waals surface area contributed by atoms with E-state index in [0.29, 0.717) is 25.2 Å². The van der Waals surface area contributed by atoms with Crippen molar-refractivity contribution in [3.8, 4) is 0 Å². The van der Waals surface area contributed by atoms with Crippen LogP contribution in [0, 0.1) is 0 Å². The molecule has 0 saturated carbocycles. The first kappa shape index (κ1) is 16.2. The number of benzene rings is 1. The largest absolute Gasteiger partial charge is 0.419 e. The van der Waals surface area contributed by atoms with Gasteiger partial charge in [0.15, 0.2) is 11.4 Å². The standard InChI is InChI=1S/C14H18N2O6S/c1-14(20-7-8-21-14)5-6-15-23(18,19)10-3-4-11-12(9-10)22-13(17)16(11)2/h3-4,9,15H,5-8H2,1-2H3. The van der Waals surface area contributed by atoms with E-state index in [1.165, 1.54) is 16.7 Å². The van der Waals surface area contributed by atoms with Gasteiger partial charge in [0.25, 0.3) is 0 Å². The fraction of sp³-hybridized carbons (Fsp3) is 0.500. The number of nitrogens with zero attached hydrogens (tertiary/aromatic N) is 1. The van der Waals surface area contributed by atoms with E-state index >= 15 is 0 Å². The van der Waals surface area contributed by atoms with Crippen molar-refractivity contribution in [1.29, 1.82) is 0 Å². The molecular weight excluding hydrogens is 324 g/mol. The van der Waals surface area contributed by atoms with Crippen molar-refractivity contribution >= 4 is 21.1 Å². The molecule has 1 aliphatic rings. The third-order valence-corrected chi connectivity index (χ3v) is 5.30. The number of nitrogens with one attached hydrogen (secondary N) is 1. The molecule has 1 aliphatic heterocycles. The molecule has 9 heteroatoms. The van der Waals surface area contributed by atoms with E-state index < -0.39 is 21.6 Å². The molecule has 0 unspecified atom stereocenters. The number of ether oxygens (including phenoxy) is 2. The summed E-state index contributed by atoms with van der Waals surface area (Å²) >= 11 is 0. The fourth-order valence-corrected chi connectivity index (χ4v) is 3.53. The summed E-state index contributed by atoms with van der Waals surface area (Å²) in [6.07, 6.45) is 0.398. The zero-order valence-corrected chi connectivity index (χ0v) is 13.7. The van der Waals surface area contributed by atoms with E-state index in [2.05, 4.69) is 4.72 Å². The van der Waals surface area contributed by atoms with Gasteiger partial charge in [-0.1, -0.05) is 0 Å². The summed E-state index contributed by atoms with van der Waals surface area (Å²) in [6.45, 7) is 2.97. The first-order chi connectivity index (χ1) is 10.8. The number of aromatic nitrogens is 1. The Balaban J connectivity index is 1.75. The average molecular weight is 342 g/mol. The zero-order chi connectivity index (χ0) is 16.7. The Bertz CT molecular complexity index is 876. The van der Waals surface area contributed by atoms with Gasteiger partial charge in [-0.15, -0.1) is 0 Å². The van der Waals surface area contributed by atoms with Crippen molar-refractivity contribution in [3.63, 3.8) is 0 Å². The van der Waals surface area contributed by atoms with Crippen molar-refractivity contribution < 1.29 is 22.3 Å². The first-order valence-corrected chi connectivity index (χ1v) is 8.66. The summed E-state index contributed by atoms with van der Waals surface area (Å²) in [5.74, 6) is -1.29. The lowest BCUT2D eigenvalue weighted by Crippen LogP contribution is -2.33. The molecule has 0 bridgehead atoms. The molecule has 0 aliphatic carbocycles. The molecule has 2 heterocycles. The van der Waals surface area contributed by atoms with Crippen LogP contribution in [0.4, 0.5) is 0 Å². The molecule has 23 heavy (non-hydrogen) atoms. The Morgan fingerprint density at radius 1 is 1.30 bits per heavy atom. The minimum absolute atomic E-state index is 0.0396. The lowest BCUT2D eigenvalue weighted by Gasteiger charge is -2.22. The van der Waals surface area contributed by atoms with Crippen molar-refractivity contribution in [3.05, 3.63) is 28.7 Å². The van der Waals surface area contributed by atoms with Gasteiger partial charge in [-0.05, 0) is 19.1 Å². The van der Waals surface area contributed by atoms with E-state index in [0.717, 1.165) is 0 Å². The molecule has 0 amide bonds. The number of sulfonamides is 1. The fourth-order valence-electron chi connectivity index (χ4n) is 2.48. The number of fused-ring (bicyclic) bond motifs is 1. The Hall–Kier alpha value is -1.68. The molecule has 0 atom stereocenters. The van der Waals surface area contributed by atoms with Crippen LogP contribution in [0.2, 0.25) is 0 Å². The molecular formula is C14H18N2O6S. The van der Waals surface area contributed by atoms with Crippen LogP contribution in [0.3, 0.4) is 0 Å². The van der Waals surface area contributed by atoms with Crippen LogP contribution < -0.4 is 10.5 Å². The second-order valence-electron chi connectivity index (χ2n) is 5.54. The van der Waals surface area contributed by atoms with E-state index in [4.69, 9.17) is 13.9 Å². The van der Waals surface area contributed by atoms with Gasteiger partial charge in [0.1, 0.15) is 0 Å². The van der Waals surface area contributed by atoms with Gasteiger partial charge < -0.3 is 13.9 Å². The van der Waals surface area contributed by atoms with Gasteiger partial charge in [0.05, 0.1) is 23.6 Å². The highest BCUT2D eigenvalue weighted by atomic mass is 32.2. The predicted molar refractivity (Wildman–Crippen MR) is 81.6 cm³/mol. The number of hydrogen-bond donors (Lipinski definition) is 1. The van der Waals surface area contributed by atoms with Crippen LogP contribution >= 0.6 is 0 Å². The monoisotopic (exact) mass is 342 g/mol. The van der Waals surface area contributed by atoms with E-state index in [9.17, 15) is 13.2 Å². The van der Waals surface area contributed by atoms with Crippen LogP contribution in [0.25, 0.3) is 11.1 Å². The lowest BCUT2D eigenvalue weighted by atomic mass is 10.2. The zero-order valence-electron chi connectivity index (χ0n) is 12.9. The number of hydrogen-bond acceptors (Lipinski definition) is 6. The molecule has 126 valence electrons. The van der Waals surface area contributed by atoms with E-state index in [-0.39, 0.29) is 17.0 Å².